The van der Waals surface area contributed by atoms with E-state index in [1.54, 1.807) is 7.11 Å². The summed E-state index contributed by atoms with van der Waals surface area (Å²) in [7, 11) is -2.44. The summed E-state index contributed by atoms with van der Waals surface area (Å²) >= 11 is 0. The highest BCUT2D eigenvalue weighted by atomic mass is 32.2. The number of carbonyl (C=O) groups is 2. The number of carboxylic acid groups (broad SMARTS) is 1. The van der Waals surface area contributed by atoms with E-state index in [4.69, 9.17) is 14.3 Å². The number of hydrogen-bond donors (Lipinski definition) is 2. The van der Waals surface area contributed by atoms with Crippen molar-refractivity contribution in [2.24, 2.45) is 0 Å². The first-order valence-corrected chi connectivity index (χ1v) is 9.95. The predicted molar refractivity (Wildman–Crippen MR) is 89.2 cm³/mol. The van der Waals surface area contributed by atoms with E-state index in [1.165, 1.54) is 0 Å². The number of furan rings is 1. The Morgan fingerprint density at radius 3 is 2.69 bits per heavy atom. The van der Waals surface area contributed by atoms with Gasteiger partial charge in [-0.1, -0.05) is 0 Å². The van der Waals surface area contributed by atoms with E-state index in [0.29, 0.717) is 19.3 Å². The Balaban J connectivity index is 1.72. The first-order valence-electron chi connectivity index (χ1n) is 8.51. The third kappa shape index (κ3) is 3.62. The maximum atomic E-state index is 12.8. The van der Waals surface area contributed by atoms with E-state index in [1.807, 2.05) is 0 Å². The van der Waals surface area contributed by atoms with Crippen LogP contribution < -0.4 is 5.32 Å². The standard InChI is InChI=1S/C16H22N2O7S/c1-24-11-5-4-10(9-11)17-15(19)12-3-2-8-18(12)26(22,23)14-7-6-13(25-14)16(20)21/h6-7,10-12H,2-5,8-9H2,1H3,(H,17,19)(H,20,21). The average Bonchev–Trinajstić information content (AvgIpc) is 3.33. The van der Waals surface area contributed by atoms with E-state index in [2.05, 4.69) is 5.32 Å². The minimum atomic E-state index is -4.08. The van der Waals surface area contributed by atoms with Crippen LogP contribution in [0.3, 0.4) is 0 Å². The molecule has 2 aliphatic rings. The van der Waals surface area contributed by atoms with E-state index >= 15 is 0 Å². The lowest BCUT2D eigenvalue weighted by Crippen LogP contribution is -2.48. The Hall–Kier alpha value is -1.91. The smallest absolute Gasteiger partial charge is 0.371 e. The minimum absolute atomic E-state index is 0.0279. The number of sulfonamides is 1. The van der Waals surface area contributed by atoms with Gasteiger partial charge in [0, 0.05) is 19.7 Å². The van der Waals surface area contributed by atoms with Gasteiger partial charge in [-0.15, -0.1) is 0 Å². The van der Waals surface area contributed by atoms with Crippen LogP contribution in [0, 0.1) is 0 Å². The summed E-state index contributed by atoms with van der Waals surface area (Å²) in [4.78, 5) is 23.5. The van der Waals surface area contributed by atoms with Gasteiger partial charge in [0.2, 0.25) is 16.8 Å². The lowest BCUT2D eigenvalue weighted by Gasteiger charge is -2.24. The van der Waals surface area contributed by atoms with Crippen LogP contribution in [-0.4, -0.2) is 61.5 Å². The van der Waals surface area contributed by atoms with Crippen LogP contribution in [0.1, 0.15) is 42.7 Å². The second-order valence-corrected chi connectivity index (χ2v) is 8.40. The molecule has 2 N–H and O–H groups in total. The van der Waals surface area contributed by atoms with Gasteiger partial charge in [-0.3, -0.25) is 4.79 Å². The number of ether oxygens (including phenoxy) is 1. The SMILES string of the molecule is COC1CCC(NC(=O)C2CCCN2S(=O)(=O)c2ccc(C(=O)O)o2)C1. The maximum absolute atomic E-state index is 12.8. The lowest BCUT2D eigenvalue weighted by atomic mass is 10.2. The molecular formula is C16H22N2O7S. The van der Waals surface area contributed by atoms with Gasteiger partial charge in [-0.2, -0.15) is 4.31 Å². The zero-order valence-corrected chi connectivity index (χ0v) is 15.2. The Bertz CT molecular complexity index is 788. The Labute approximate surface area is 151 Å². The molecule has 9 nitrogen and oxygen atoms in total. The van der Waals surface area contributed by atoms with Gasteiger partial charge in [0.25, 0.3) is 10.0 Å². The van der Waals surface area contributed by atoms with Crippen molar-refractivity contribution < 1.29 is 32.3 Å². The molecule has 3 atom stereocenters. The molecule has 144 valence electrons. The topological polar surface area (TPSA) is 126 Å². The largest absolute Gasteiger partial charge is 0.475 e. The van der Waals surface area contributed by atoms with Crippen LogP contribution in [0.15, 0.2) is 21.6 Å². The summed E-state index contributed by atoms with van der Waals surface area (Å²) in [5.41, 5.74) is 0. The quantitative estimate of drug-likeness (QED) is 0.741. The van der Waals surface area contributed by atoms with Crippen LogP contribution in [0.25, 0.3) is 0 Å². The molecule has 0 bridgehead atoms. The summed E-state index contributed by atoms with van der Waals surface area (Å²) < 4.78 is 36.8. The van der Waals surface area contributed by atoms with Gasteiger partial charge >= 0.3 is 5.97 Å². The number of aromatic carboxylic acids is 1. The van der Waals surface area contributed by atoms with Crippen molar-refractivity contribution in [3.05, 3.63) is 17.9 Å². The summed E-state index contributed by atoms with van der Waals surface area (Å²) in [6.45, 7) is 0.189. The van der Waals surface area contributed by atoms with Gasteiger partial charge in [-0.05, 0) is 44.2 Å². The molecule has 0 radical (unpaired) electrons. The molecule has 2 fully saturated rings. The van der Waals surface area contributed by atoms with Crippen molar-refractivity contribution in [2.75, 3.05) is 13.7 Å². The molecule has 0 aromatic carbocycles. The first-order chi connectivity index (χ1) is 12.3. The highest BCUT2D eigenvalue weighted by Gasteiger charge is 2.42. The normalized spacial score (nSPS) is 26.9. The molecule has 26 heavy (non-hydrogen) atoms. The molecule has 3 rings (SSSR count). The summed E-state index contributed by atoms with van der Waals surface area (Å²) in [5, 5.41) is 11.3. The van der Waals surface area contributed by atoms with Crippen molar-refractivity contribution in [3.63, 3.8) is 0 Å². The molecule has 1 saturated carbocycles. The predicted octanol–water partition coefficient (Wildman–Crippen LogP) is 0.815. The van der Waals surface area contributed by atoms with Crippen LogP contribution in [-0.2, 0) is 19.6 Å². The van der Waals surface area contributed by atoms with Crippen LogP contribution in [0.4, 0.5) is 0 Å². The van der Waals surface area contributed by atoms with Gasteiger partial charge < -0.3 is 19.6 Å². The first kappa shape index (κ1) is 18.9. The molecule has 10 heteroatoms. The van der Waals surface area contributed by atoms with Crippen LogP contribution >= 0.6 is 0 Å². The monoisotopic (exact) mass is 386 g/mol. The number of hydrogen-bond acceptors (Lipinski definition) is 6. The zero-order chi connectivity index (χ0) is 18.9. The van der Waals surface area contributed by atoms with Gasteiger partial charge in [-0.25, -0.2) is 13.2 Å². The van der Waals surface area contributed by atoms with Gasteiger partial charge in [0.15, 0.2) is 0 Å². The number of carbonyl (C=O) groups excluding carboxylic acids is 1. The Morgan fingerprint density at radius 2 is 2.08 bits per heavy atom. The van der Waals surface area contributed by atoms with Gasteiger partial charge in [0.1, 0.15) is 6.04 Å². The highest BCUT2D eigenvalue weighted by molar-refractivity contribution is 7.89. The molecule has 1 aliphatic heterocycles. The highest BCUT2D eigenvalue weighted by Crippen LogP contribution is 2.28. The van der Waals surface area contributed by atoms with Crippen molar-refractivity contribution in [1.82, 2.24) is 9.62 Å². The molecule has 1 aromatic rings. The summed E-state index contributed by atoms with van der Waals surface area (Å²) in [5.74, 6) is -2.14. The fourth-order valence-corrected chi connectivity index (χ4v) is 5.13. The van der Waals surface area contributed by atoms with Crippen molar-refractivity contribution in [3.8, 4) is 0 Å². The van der Waals surface area contributed by atoms with E-state index in [0.717, 1.165) is 29.3 Å². The number of amides is 1. The van der Waals surface area contributed by atoms with E-state index in [-0.39, 0.29) is 24.6 Å². The number of carboxylic acids is 1. The number of nitrogens with one attached hydrogen (secondary N) is 1. The van der Waals surface area contributed by atoms with Gasteiger partial charge in [0.05, 0.1) is 6.10 Å². The van der Waals surface area contributed by atoms with Crippen LogP contribution in [0.5, 0.6) is 0 Å². The summed E-state index contributed by atoms with van der Waals surface area (Å²) in [6.07, 6.45) is 3.44. The molecule has 2 heterocycles. The Morgan fingerprint density at radius 1 is 1.31 bits per heavy atom. The zero-order valence-electron chi connectivity index (χ0n) is 14.4. The Kier molecular flexibility index (Phi) is 5.35. The molecule has 0 spiro atoms. The lowest BCUT2D eigenvalue weighted by molar-refractivity contribution is -0.124. The third-order valence-electron chi connectivity index (χ3n) is 4.93. The number of rotatable bonds is 6. The van der Waals surface area contributed by atoms with E-state index in [9.17, 15) is 18.0 Å². The van der Waals surface area contributed by atoms with E-state index < -0.39 is 32.9 Å². The second kappa shape index (κ2) is 7.37. The van der Waals surface area contributed by atoms with Crippen molar-refractivity contribution in [2.45, 2.75) is 55.4 Å². The fraction of sp³-hybridized carbons (Fsp3) is 0.625. The van der Waals surface area contributed by atoms with Crippen molar-refractivity contribution in [1.29, 1.82) is 0 Å². The fourth-order valence-electron chi connectivity index (χ4n) is 3.56. The number of nitrogens with zero attached hydrogens (tertiary/aromatic N) is 1. The molecule has 3 unspecified atom stereocenters. The average molecular weight is 386 g/mol. The van der Waals surface area contributed by atoms with Crippen molar-refractivity contribution >= 4 is 21.9 Å². The molecule has 1 saturated heterocycles. The summed E-state index contributed by atoms with van der Waals surface area (Å²) in [6, 6.07) is 1.34. The minimum Gasteiger partial charge on any atom is -0.475 e. The molecule has 1 amide bonds. The number of methoxy groups -OCH3 is 1. The molecule has 1 aliphatic carbocycles. The van der Waals surface area contributed by atoms with Crippen LogP contribution in [0.2, 0.25) is 0 Å². The third-order valence-corrected chi connectivity index (χ3v) is 6.71. The maximum Gasteiger partial charge on any atom is 0.371 e. The molecule has 1 aromatic heterocycles. The second-order valence-electron chi connectivity index (χ2n) is 6.57. The molecular weight excluding hydrogens is 364 g/mol.